The maximum Gasteiger partial charge on any atom is 0.290 e. The van der Waals surface area contributed by atoms with Gasteiger partial charge in [-0.05, 0) is 36.5 Å². The van der Waals surface area contributed by atoms with Gasteiger partial charge in [-0.1, -0.05) is 41.2 Å². The smallest absolute Gasteiger partial charge is 0.290 e. The quantitative estimate of drug-likeness (QED) is 0.414. The molecule has 0 radical (unpaired) electrons. The van der Waals surface area contributed by atoms with Crippen LogP contribution in [0, 0.1) is 5.92 Å². The summed E-state index contributed by atoms with van der Waals surface area (Å²) in [6.45, 7) is 13.3. The van der Waals surface area contributed by atoms with Gasteiger partial charge in [-0.2, -0.15) is 8.78 Å². The number of hydrogen-bond donors (Lipinski definition) is 0. The summed E-state index contributed by atoms with van der Waals surface area (Å²) in [6, 6.07) is 2.67. The van der Waals surface area contributed by atoms with Crippen LogP contribution in [0.1, 0.15) is 41.0 Å². The monoisotopic (exact) mass is 278 g/mol. The van der Waals surface area contributed by atoms with E-state index < -0.39 is 20.3 Å². The van der Waals surface area contributed by atoms with E-state index in [4.69, 9.17) is 4.43 Å². The second-order valence-electron chi connectivity index (χ2n) is 5.36. The van der Waals surface area contributed by atoms with Crippen molar-refractivity contribution in [1.29, 1.82) is 0 Å². The highest BCUT2D eigenvalue weighted by molar-refractivity contribution is 6.73. The fraction of sp³-hybridized carbons (Fsp3) is 0.857. The first-order chi connectivity index (χ1) is 8.26. The molecule has 1 atom stereocenters. The summed E-state index contributed by atoms with van der Waals surface area (Å²) in [5, 5.41) is 0. The number of alkyl halides is 2. The molecule has 0 bridgehead atoms. The standard InChI is InChI=1S/C14H28F2OSi/c1-7-14(15,16)13(11-12(5)6)17-18(8-2,9-3)10-4/h7,12-13H,1,8-11H2,2-6H3. The first-order valence-corrected chi connectivity index (χ1v) is 9.49. The molecule has 0 rings (SSSR count). The Morgan fingerprint density at radius 2 is 1.61 bits per heavy atom. The van der Waals surface area contributed by atoms with Crippen LogP contribution in [0.5, 0.6) is 0 Å². The largest absolute Gasteiger partial charge is 0.407 e. The van der Waals surface area contributed by atoms with Crippen LogP contribution < -0.4 is 0 Å². The van der Waals surface area contributed by atoms with E-state index in [2.05, 4.69) is 27.4 Å². The van der Waals surface area contributed by atoms with Gasteiger partial charge in [0.05, 0.1) is 0 Å². The van der Waals surface area contributed by atoms with E-state index in [1.165, 1.54) is 0 Å². The van der Waals surface area contributed by atoms with E-state index in [-0.39, 0.29) is 5.92 Å². The van der Waals surface area contributed by atoms with Crippen molar-refractivity contribution in [2.45, 2.75) is 71.2 Å². The molecule has 108 valence electrons. The zero-order chi connectivity index (χ0) is 14.4. The highest BCUT2D eigenvalue weighted by Gasteiger charge is 2.43. The van der Waals surface area contributed by atoms with Gasteiger partial charge in [0.2, 0.25) is 0 Å². The number of rotatable bonds is 9. The van der Waals surface area contributed by atoms with Crippen molar-refractivity contribution >= 4 is 8.32 Å². The highest BCUT2D eigenvalue weighted by atomic mass is 28.4. The van der Waals surface area contributed by atoms with Crippen LogP contribution in [-0.2, 0) is 4.43 Å². The topological polar surface area (TPSA) is 9.23 Å². The summed E-state index contributed by atoms with van der Waals surface area (Å²) in [7, 11) is -2.00. The number of hydrogen-bond acceptors (Lipinski definition) is 1. The van der Waals surface area contributed by atoms with Crippen LogP contribution in [-0.4, -0.2) is 20.3 Å². The van der Waals surface area contributed by atoms with E-state index in [0.29, 0.717) is 6.42 Å². The second kappa shape index (κ2) is 7.39. The molecule has 1 unspecified atom stereocenters. The third-order valence-corrected chi connectivity index (χ3v) is 8.36. The van der Waals surface area contributed by atoms with Crippen LogP contribution in [0.15, 0.2) is 12.7 Å². The molecule has 0 aromatic rings. The van der Waals surface area contributed by atoms with Crippen molar-refractivity contribution in [3.05, 3.63) is 12.7 Å². The fourth-order valence-corrected chi connectivity index (χ4v) is 5.00. The van der Waals surface area contributed by atoms with Crippen molar-refractivity contribution in [2.24, 2.45) is 5.92 Å². The predicted octanol–water partition coefficient (Wildman–Crippen LogP) is 5.24. The maximum absolute atomic E-state index is 13.9. The first-order valence-electron chi connectivity index (χ1n) is 6.96. The predicted molar refractivity (Wildman–Crippen MR) is 76.7 cm³/mol. The minimum Gasteiger partial charge on any atom is -0.407 e. The van der Waals surface area contributed by atoms with Crippen molar-refractivity contribution in [2.75, 3.05) is 0 Å². The van der Waals surface area contributed by atoms with Crippen molar-refractivity contribution in [3.63, 3.8) is 0 Å². The molecule has 0 aromatic carbocycles. The molecule has 4 heteroatoms. The summed E-state index contributed by atoms with van der Waals surface area (Å²) >= 11 is 0. The Hall–Kier alpha value is -0.223. The second-order valence-corrected chi connectivity index (χ2v) is 10.1. The SMILES string of the molecule is C=CC(F)(F)C(CC(C)C)O[Si](CC)(CC)CC. The Kier molecular flexibility index (Phi) is 7.30. The molecule has 0 amide bonds. The average molecular weight is 278 g/mol. The molecule has 18 heavy (non-hydrogen) atoms. The van der Waals surface area contributed by atoms with Gasteiger partial charge in [-0.15, -0.1) is 0 Å². The summed E-state index contributed by atoms with van der Waals surface area (Å²) in [4.78, 5) is 0. The third-order valence-electron chi connectivity index (χ3n) is 3.71. The lowest BCUT2D eigenvalue weighted by Crippen LogP contribution is -2.46. The number of halogens is 2. The molecule has 1 nitrogen and oxygen atoms in total. The molecule has 0 heterocycles. The fourth-order valence-electron chi connectivity index (χ4n) is 2.15. The van der Waals surface area contributed by atoms with Gasteiger partial charge in [0, 0.05) is 0 Å². The summed E-state index contributed by atoms with van der Waals surface area (Å²) < 4.78 is 33.8. The summed E-state index contributed by atoms with van der Waals surface area (Å²) in [5.41, 5.74) is 0. The van der Waals surface area contributed by atoms with Gasteiger partial charge in [0.15, 0.2) is 8.32 Å². The molecule has 0 saturated heterocycles. The normalized spacial score (nSPS) is 14.9. The molecule has 0 saturated carbocycles. The van der Waals surface area contributed by atoms with E-state index >= 15 is 0 Å². The summed E-state index contributed by atoms with van der Waals surface area (Å²) in [5.74, 6) is -2.74. The Labute approximate surface area is 112 Å². The van der Waals surface area contributed by atoms with E-state index in [9.17, 15) is 8.78 Å². The van der Waals surface area contributed by atoms with Crippen LogP contribution in [0.2, 0.25) is 18.1 Å². The van der Waals surface area contributed by atoms with Crippen molar-refractivity contribution in [1.82, 2.24) is 0 Å². The van der Waals surface area contributed by atoms with Gasteiger partial charge in [-0.25, -0.2) is 0 Å². The Morgan fingerprint density at radius 1 is 1.17 bits per heavy atom. The van der Waals surface area contributed by atoms with E-state index in [1.807, 2.05) is 13.8 Å². The van der Waals surface area contributed by atoms with Gasteiger partial charge in [0.1, 0.15) is 6.10 Å². The van der Waals surface area contributed by atoms with Crippen LogP contribution in [0.25, 0.3) is 0 Å². The van der Waals surface area contributed by atoms with E-state index in [1.54, 1.807) is 0 Å². The lowest BCUT2D eigenvalue weighted by molar-refractivity contribution is -0.0689. The molecule has 0 aliphatic heterocycles. The minimum absolute atomic E-state index is 0.193. The molecule has 0 spiro atoms. The first kappa shape index (κ1) is 17.8. The van der Waals surface area contributed by atoms with Gasteiger partial charge < -0.3 is 4.43 Å². The highest BCUT2D eigenvalue weighted by Crippen LogP contribution is 2.33. The van der Waals surface area contributed by atoms with Crippen molar-refractivity contribution < 1.29 is 13.2 Å². The maximum atomic E-state index is 13.9. The van der Waals surface area contributed by atoms with Crippen LogP contribution in [0.3, 0.4) is 0 Å². The van der Waals surface area contributed by atoms with Gasteiger partial charge in [-0.3, -0.25) is 0 Å². The van der Waals surface area contributed by atoms with Crippen LogP contribution in [0.4, 0.5) is 8.78 Å². The molecule has 0 aromatic heterocycles. The molecule has 0 N–H and O–H groups in total. The Morgan fingerprint density at radius 3 is 1.89 bits per heavy atom. The zero-order valence-corrected chi connectivity index (χ0v) is 13.4. The third kappa shape index (κ3) is 4.80. The molecular weight excluding hydrogens is 250 g/mol. The van der Waals surface area contributed by atoms with Crippen LogP contribution >= 0.6 is 0 Å². The molecular formula is C14H28F2OSi. The minimum atomic E-state index is -2.93. The van der Waals surface area contributed by atoms with Gasteiger partial charge in [0.25, 0.3) is 5.92 Å². The molecule has 0 aliphatic rings. The Balaban J connectivity index is 5.04. The Bertz CT molecular complexity index is 242. The van der Waals surface area contributed by atoms with Crippen molar-refractivity contribution in [3.8, 4) is 0 Å². The van der Waals surface area contributed by atoms with E-state index in [0.717, 1.165) is 24.2 Å². The molecule has 0 fully saturated rings. The average Bonchev–Trinajstić information content (AvgIpc) is 2.34. The summed E-state index contributed by atoms with van der Waals surface area (Å²) in [6.07, 6.45) is 0.107. The zero-order valence-electron chi connectivity index (χ0n) is 12.4. The van der Waals surface area contributed by atoms with Gasteiger partial charge >= 0.3 is 0 Å². The lowest BCUT2D eigenvalue weighted by atomic mass is 10.0. The lowest BCUT2D eigenvalue weighted by Gasteiger charge is -2.36. The molecule has 0 aliphatic carbocycles.